The summed E-state index contributed by atoms with van der Waals surface area (Å²) in [7, 11) is 1.90. The molecule has 7 nitrogen and oxygen atoms in total. The lowest BCUT2D eigenvalue weighted by Gasteiger charge is -2.11. The van der Waals surface area contributed by atoms with E-state index < -0.39 is 0 Å². The van der Waals surface area contributed by atoms with Crippen LogP contribution in [-0.2, 0) is 13.6 Å². The summed E-state index contributed by atoms with van der Waals surface area (Å²) >= 11 is 0. The topological polar surface area (TPSA) is 77.6 Å². The van der Waals surface area contributed by atoms with Gasteiger partial charge >= 0.3 is 0 Å². The molecular formula is C18H24N6O. The molecule has 7 heteroatoms. The second-order valence-electron chi connectivity index (χ2n) is 6.49. The molecule has 1 N–H and O–H groups in total. The second-order valence-corrected chi connectivity index (χ2v) is 6.49. The quantitative estimate of drug-likeness (QED) is 0.699. The van der Waals surface area contributed by atoms with Gasteiger partial charge in [-0.25, -0.2) is 15.0 Å². The third kappa shape index (κ3) is 3.40. The molecule has 0 aliphatic carbocycles. The number of carbonyl (C=O) groups excluding carboxylic acids is 1. The van der Waals surface area contributed by atoms with Crippen molar-refractivity contribution >= 4 is 17.1 Å². The summed E-state index contributed by atoms with van der Waals surface area (Å²) in [5, 5.41) is 2.98. The highest BCUT2D eigenvalue weighted by Crippen LogP contribution is 2.16. The van der Waals surface area contributed by atoms with E-state index in [4.69, 9.17) is 0 Å². The van der Waals surface area contributed by atoms with Gasteiger partial charge in [-0.1, -0.05) is 13.8 Å². The molecule has 3 rings (SSSR count). The van der Waals surface area contributed by atoms with Gasteiger partial charge in [0.05, 0.1) is 5.56 Å². The first-order valence-electron chi connectivity index (χ1n) is 8.56. The van der Waals surface area contributed by atoms with E-state index in [0.717, 1.165) is 30.3 Å². The summed E-state index contributed by atoms with van der Waals surface area (Å²) in [4.78, 5) is 25.7. The minimum Gasteiger partial charge on any atom is -0.352 e. The highest BCUT2D eigenvalue weighted by Gasteiger charge is 2.15. The molecule has 0 saturated heterocycles. The highest BCUT2D eigenvalue weighted by atomic mass is 16.1. The molecule has 0 fully saturated rings. The molecule has 132 valence electrons. The summed E-state index contributed by atoms with van der Waals surface area (Å²) in [6.45, 7) is 7.60. The van der Waals surface area contributed by atoms with Gasteiger partial charge in [0.25, 0.3) is 5.91 Å². The fraction of sp³-hybridized carbons (Fsp3) is 0.444. The van der Waals surface area contributed by atoms with Crippen molar-refractivity contribution in [3.05, 3.63) is 41.9 Å². The molecule has 3 heterocycles. The lowest BCUT2D eigenvalue weighted by molar-refractivity contribution is 0.0954. The molecule has 0 saturated carbocycles. The highest BCUT2D eigenvalue weighted by molar-refractivity contribution is 6.04. The molecule has 0 aliphatic heterocycles. The van der Waals surface area contributed by atoms with E-state index in [1.165, 1.54) is 0 Å². The minimum atomic E-state index is -0.111. The molecule has 0 aromatic carbocycles. The Kier molecular flexibility index (Phi) is 4.83. The van der Waals surface area contributed by atoms with Gasteiger partial charge < -0.3 is 14.5 Å². The fourth-order valence-corrected chi connectivity index (χ4v) is 2.93. The van der Waals surface area contributed by atoms with Crippen molar-refractivity contribution in [1.29, 1.82) is 0 Å². The Labute approximate surface area is 147 Å². The summed E-state index contributed by atoms with van der Waals surface area (Å²) in [6, 6.07) is 1.72. The van der Waals surface area contributed by atoms with Crippen molar-refractivity contribution in [2.75, 3.05) is 6.54 Å². The molecule has 0 unspecified atom stereocenters. The van der Waals surface area contributed by atoms with Crippen LogP contribution in [0, 0.1) is 6.92 Å². The van der Waals surface area contributed by atoms with Gasteiger partial charge in [0.2, 0.25) is 0 Å². The molecule has 3 aromatic heterocycles. The van der Waals surface area contributed by atoms with Crippen LogP contribution >= 0.6 is 0 Å². The Balaban J connectivity index is 1.62. The van der Waals surface area contributed by atoms with Crippen LogP contribution in [0.4, 0.5) is 0 Å². The lowest BCUT2D eigenvalue weighted by atomic mass is 10.2. The number of rotatable bonds is 6. The number of fused-ring (bicyclic) bond motifs is 1. The number of aryl methyl sites for hydroxylation is 3. The normalized spacial score (nSPS) is 11.4. The molecular weight excluding hydrogens is 316 g/mol. The van der Waals surface area contributed by atoms with E-state index >= 15 is 0 Å². The van der Waals surface area contributed by atoms with Crippen LogP contribution in [0.2, 0.25) is 0 Å². The SMILES string of the molecule is Cc1nc2c(C(=O)NCCCn3ccnc3C(C)C)ccnc2n1C. The zero-order chi connectivity index (χ0) is 18.0. The number of carbonyl (C=O) groups is 1. The lowest BCUT2D eigenvalue weighted by Crippen LogP contribution is -2.25. The second kappa shape index (κ2) is 7.04. The predicted octanol–water partition coefficient (Wildman–Crippen LogP) is 2.42. The van der Waals surface area contributed by atoms with E-state index in [0.29, 0.717) is 23.5 Å². The van der Waals surface area contributed by atoms with Gasteiger partial charge in [0.1, 0.15) is 17.2 Å². The average molecular weight is 340 g/mol. The minimum absolute atomic E-state index is 0.111. The third-order valence-corrected chi connectivity index (χ3v) is 4.35. The van der Waals surface area contributed by atoms with Gasteiger partial charge in [0, 0.05) is 44.6 Å². The van der Waals surface area contributed by atoms with E-state index in [1.54, 1.807) is 12.3 Å². The number of amides is 1. The summed E-state index contributed by atoms with van der Waals surface area (Å²) < 4.78 is 4.03. The van der Waals surface area contributed by atoms with Gasteiger partial charge in [-0.3, -0.25) is 4.79 Å². The largest absolute Gasteiger partial charge is 0.352 e. The third-order valence-electron chi connectivity index (χ3n) is 4.35. The number of nitrogens with zero attached hydrogens (tertiary/aromatic N) is 5. The van der Waals surface area contributed by atoms with Crippen molar-refractivity contribution in [3.8, 4) is 0 Å². The Morgan fingerprint density at radius 2 is 2.08 bits per heavy atom. The van der Waals surface area contributed by atoms with E-state index in [-0.39, 0.29) is 5.91 Å². The van der Waals surface area contributed by atoms with Gasteiger partial charge in [0.15, 0.2) is 5.65 Å². The molecule has 3 aromatic rings. The Hall–Kier alpha value is -2.70. The van der Waals surface area contributed by atoms with E-state index in [2.05, 4.69) is 38.7 Å². The van der Waals surface area contributed by atoms with Crippen molar-refractivity contribution in [3.63, 3.8) is 0 Å². The Morgan fingerprint density at radius 3 is 2.84 bits per heavy atom. The number of hydrogen-bond acceptors (Lipinski definition) is 4. The summed E-state index contributed by atoms with van der Waals surface area (Å²) in [5.41, 5.74) is 1.95. The van der Waals surface area contributed by atoms with Crippen molar-refractivity contribution in [1.82, 2.24) is 29.4 Å². The number of pyridine rings is 1. The Morgan fingerprint density at radius 1 is 1.28 bits per heavy atom. The van der Waals surface area contributed by atoms with E-state index in [1.807, 2.05) is 30.9 Å². The van der Waals surface area contributed by atoms with Crippen molar-refractivity contribution < 1.29 is 4.79 Å². The number of nitrogens with one attached hydrogen (secondary N) is 1. The zero-order valence-corrected chi connectivity index (χ0v) is 15.2. The number of imidazole rings is 2. The predicted molar refractivity (Wildman–Crippen MR) is 96.5 cm³/mol. The molecule has 0 atom stereocenters. The van der Waals surface area contributed by atoms with Gasteiger partial charge in [-0.15, -0.1) is 0 Å². The molecule has 0 spiro atoms. The first-order chi connectivity index (χ1) is 12.0. The number of hydrogen-bond donors (Lipinski definition) is 1. The maximum absolute atomic E-state index is 12.5. The van der Waals surface area contributed by atoms with Crippen LogP contribution in [0.3, 0.4) is 0 Å². The van der Waals surface area contributed by atoms with Crippen LogP contribution in [0.15, 0.2) is 24.7 Å². The zero-order valence-electron chi connectivity index (χ0n) is 15.2. The number of aromatic nitrogens is 5. The first-order valence-corrected chi connectivity index (χ1v) is 8.56. The standard InChI is InChI=1S/C18H24N6O/c1-12(2)16-20-9-11-24(16)10-5-7-21-18(25)14-6-8-19-17-15(14)22-13(3)23(17)4/h6,8-9,11-12H,5,7,10H2,1-4H3,(H,21,25). The van der Waals surface area contributed by atoms with Crippen LogP contribution in [0.25, 0.3) is 11.2 Å². The average Bonchev–Trinajstić information content (AvgIpc) is 3.17. The van der Waals surface area contributed by atoms with E-state index in [9.17, 15) is 4.79 Å². The molecule has 0 radical (unpaired) electrons. The molecule has 25 heavy (non-hydrogen) atoms. The van der Waals surface area contributed by atoms with Gasteiger partial charge in [-0.05, 0) is 19.4 Å². The molecule has 0 aliphatic rings. The van der Waals surface area contributed by atoms with Crippen LogP contribution in [-0.4, -0.2) is 36.5 Å². The maximum Gasteiger partial charge on any atom is 0.253 e. The monoisotopic (exact) mass is 340 g/mol. The van der Waals surface area contributed by atoms with Crippen LogP contribution < -0.4 is 5.32 Å². The van der Waals surface area contributed by atoms with Crippen LogP contribution in [0.1, 0.15) is 48.2 Å². The molecule has 1 amide bonds. The summed E-state index contributed by atoms with van der Waals surface area (Å²) in [6.07, 6.45) is 6.31. The smallest absolute Gasteiger partial charge is 0.253 e. The van der Waals surface area contributed by atoms with Crippen molar-refractivity contribution in [2.24, 2.45) is 7.05 Å². The molecule has 0 bridgehead atoms. The van der Waals surface area contributed by atoms with Crippen molar-refractivity contribution in [2.45, 2.75) is 39.7 Å². The Bertz CT molecular complexity index is 892. The van der Waals surface area contributed by atoms with Crippen LogP contribution in [0.5, 0.6) is 0 Å². The summed E-state index contributed by atoms with van der Waals surface area (Å²) in [5.74, 6) is 2.19. The first kappa shape index (κ1) is 17.1. The maximum atomic E-state index is 12.5. The van der Waals surface area contributed by atoms with Gasteiger partial charge in [-0.2, -0.15) is 0 Å². The fourth-order valence-electron chi connectivity index (χ4n) is 2.93.